The SMILES string of the molecule is CCOC(=O)C1=C(C)OC(N)=C(C#N)C1c1ccc(-c2ccc(C)c(F)c2)cc1. The molecule has 1 unspecified atom stereocenters. The van der Waals surface area contributed by atoms with Crippen LogP contribution in [0.5, 0.6) is 0 Å². The van der Waals surface area contributed by atoms with Gasteiger partial charge in [-0.25, -0.2) is 9.18 Å². The Bertz CT molecular complexity index is 1060. The van der Waals surface area contributed by atoms with Crippen LogP contribution < -0.4 is 5.73 Å². The third-order valence-corrected chi connectivity index (χ3v) is 4.85. The minimum atomic E-state index is -0.698. The van der Waals surface area contributed by atoms with Gasteiger partial charge in [-0.2, -0.15) is 5.26 Å². The first-order valence-corrected chi connectivity index (χ1v) is 9.19. The molecule has 2 aromatic rings. The molecule has 1 aliphatic rings. The number of nitrogens with zero attached hydrogens (tertiary/aromatic N) is 1. The molecule has 0 bridgehead atoms. The van der Waals surface area contributed by atoms with E-state index in [-0.39, 0.29) is 29.5 Å². The monoisotopic (exact) mass is 392 g/mol. The van der Waals surface area contributed by atoms with Crippen molar-refractivity contribution in [3.63, 3.8) is 0 Å². The van der Waals surface area contributed by atoms with E-state index in [1.807, 2.05) is 24.3 Å². The molecule has 0 aliphatic carbocycles. The fourth-order valence-electron chi connectivity index (χ4n) is 3.33. The van der Waals surface area contributed by atoms with E-state index in [9.17, 15) is 14.4 Å². The van der Waals surface area contributed by atoms with Crippen molar-refractivity contribution in [3.05, 3.63) is 82.2 Å². The van der Waals surface area contributed by atoms with Crippen LogP contribution in [0.25, 0.3) is 11.1 Å². The van der Waals surface area contributed by atoms with Gasteiger partial charge in [0.25, 0.3) is 0 Å². The van der Waals surface area contributed by atoms with Crippen molar-refractivity contribution in [1.29, 1.82) is 5.26 Å². The van der Waals surface area contributed by atoms with E-state index in [1.54, 1.807) is 39.0 Å². The molecular formula is C23H21FN2O3. The summed E-state index contributed by atoms with van der Waals surface area (Å²) in [6, 6.07) is 14.3. The summed E-state index contributed by atoms with van der Waals surface area (Å²) in [4.78, 5) is 12.5. The number of halogens is 1. The Morgan fingerprint density at radius 3 is 2.45 bits per heavy atom. The second kappa shape index (κ2) is 8.19. The second-order valence-electron chi connectivity index (χ2n) is 6.70. The Labute approximate surface area is 168 Å². The van der Waals surface area contributed by atoms with Crippen molar-refractivity contribution in [2.75, 3.05) is 6.61 Å². The molecule has 2 aromatic carbocycles. The summed E-state index contributed by atoms with van der Waals surface area (Å²) in [5, 5.41) is 9.61. The van der Waals surface area contributed by atoms with Crippen molar-refractivity contribution in [2.24, 2.45) is 5.73 Å². The lowest BCUT2D eigenvalue weighted by Gasteiger charge is -2.27. The van der Waals surface area contributed by atoms with Gasteiger partial charge in [-0.1, -0.05) is 36.4 Å². The number of ether oxygens (including phenoxy) is 2. The normalized spacial score (nSPS) is 16.3. The van der Waals surface area contributed by atoms with Gasteiger partial charge in [0.15, 0.2) is 0 Å². The molecule has 0 spiro atoms. The second-order valence-corrected chi connectivity index (χ2v) is 6.70. The maximum Gasteiger partial charge on any atom is 0.338 e. The molecule has 1 atom stereocenters. The predicted molar refractivity (Wildman–Crippen MR) is 107 cm³/mol. The lowest BCUT2D eigenvalue weighted by atomic mass is 9.82. The average molecular weight is 392 g/mol. The molecule has 3 rings (SSSR count). The fraction of sp³-hybridized carbons (Fsp3) is 0.217. The van der Waals surface area contributed by atoms with E-state index in [2.05, 4.69) is 0 Å². The maximum atomic E-state index is 13.9. The van der Waals surface area contributed by atoms with Crippen LogP contribution in [0.2, 0.25) is 0 Å². The van der Waals surface area contributed by atoms with Crippen LogP contribution in [0.1, 0.15) is 30.9 Å². The van der Waals surface area contributed by atoms with Crippen LogP contribution in [-0.4, -0.2) is 12.6 Å². The zero-order valence-corrected chi connectivity index (χ0v) is 16.5. The van der Waals surface area contributed by atoms with Gasteiger partial charge in [-0.15, -0.1) is 0 Å². The Kier molecular flexibility index (Phi) is 5.69. The van der Waals surface area contributed by atoms with Gasteiger partial charge in [0.2, 0.25) is 5.88 Å². The molecule has 0 amide bonds. The van der Waals surface area contributed by atoms with Gasteiger partial charge in [-0.05, 0) is 49.1 Å². The van der Waals surface area contributed by atoms with Crippen LogP contribution >= 0.6 is 0 Å². The average Bonchev–Trinajstić information content (AvgIpc) is 2.70. The molecule has 5 nitrogen and oxygen atoms in total. The van der Waals surface area contributed by atoms with Gasteiger partial charge >= 0.3 is 5.97 Å². The molecule has 29 heavy (non-hydrogen) atoms. The quantitative estimate of drug-likeness (QED) is 0.777. The molecule has 0 saturated carbocycles. The van der Waals surface area contributed by atoms with Gasteiger partial charge in [0.05, 0.1) is 18.1 Å². The number of nitriles is 1. The first-order chi connectivity index (χ1) is 13.9. The summed E-state index contributed by atoms with van der Waals surface area (Å²) in [7, 11) is 0. The Hall–Kier alpha value is -3.59. The van der Waals surface area contributed by atoms with Crippen LogP contribution in [0.4, 0.5) is 4.39 Å². The summed E-state index contributed by atoms with van der Waals surface area (Å²) in [5.74, 6) is -1.26. The lowest BCUT2D eigenvalue weighted by molar-refractivity contribution is -0.139. The Morgan fingerprint density at radius 1 is 1.21 bits per heavy atom. The lowest BCUT2D eigenvalue weighted by Crippen LogP contribution is -2.25. The van der Waals surface area contributed by atoms with Crippen molar-refractivity contribution < 1.29 is 18.7 Å². The Balaban J connectivity index is 2.05. The number of allylic oxidation sites excluding steroid dienone is 2. The molecule has 1 heterocycles. The smallest absolute Gasteiger partial charge is 0.338 e. The fourth-order valence-corrected chi connectivity index (χ4v) is 3.33. The van der Waals surface area contributed by atoms with E-state index < -0.39 is 11.9 Å². The van der Waals surface area contributed by atoms with E-state index in [0.717, 1.165) is 11.1 Å². The third kappa shape index (κ3) is 3.85. The number of hydrogen-bond donors (Lipinski definition) is 1. The number of hydrogen-bond acceptors (Lipinski definition) is 5. The van der Waals surface area contributed by atoms with Crippen molar-refractivity contribution in [1.82, 2.24) is 0 Å². The molecule has 1 aliphatic heterocycles. The van der Waals surface area contributed by atoms with Gasteiger partial charge in [0.1, 0.15) is 23.2 Å². The van der Waals surface area contributed by atoms with Gasteiger partial charge < -0.3 is 15.2 Å². The third-order valence-electron chi connectivity index (χ3n) is 4.85. The number of aryl methyl sites for hydroxylation is 1. The van der Waals surface area contributed by atoms with Crippen LogP contribution in [-0.2, 0) is 14.3 Å². The van der Waals surface area contributed by atoms with Crippen molar-refractivity contribution in [2.45, 2.75) is 26.7 Å². The highest BCUT2D eigenvalue weighted by atomic mass is 19.1. The molecule has 0 aromatic heterocycles. The number of carbonyl (C=O) groups is 1. The van der Waals surface area contributed by atoms with Crippen molar-refractivity contribution in [3.8, 4) is 17.2 Å². The number of rotatable bonds is 4. The van der Waals surface area contributed by atoms with Crippen molar-refractivity contribution >= 4 is 5.97 Å². The number of esters is 1. The van der Waals surface area contributed by atoms with E-state index >= 15 is 0 Å². The number of nitrogens with two attached hydrogens (primary N) is 1. The maximum absolute atomic E-state index is 13.9. The van der Waals surface area contributed by atoms with E-state index in [4.69, 9.17) is 15.2 Å². The first kappa shape index (κ1) is 20.2. The molecule has 0 radical (unpaired) electrons. The summed E-state index contributed by atoms with van der Waals surface area (Å²) >= 11 is 0. The standard InChI is InChI=1S/C23H21FN2O3/c1-4-28-23(27)20-14(3)29-22(26)18(12-25)21(20)16-9-7-15(8-10-16)17-6-5-13(2)19(24)11-17/h5-11,21H,4,26H2,1-3H3. The molecule has 148 valence electrons. The molecule has 0 fully saturated rings. The summed E-state index contributed by atoms with van der Waals surface area (Å²) in [6.07, 6.45) is 0. The zero-order valence-electron chi connectivity index (χ0n) is 16.5. The van der Waals surface area contributed by atoms with Crippen LogP contribution in [0.3, 0.4) is 0 Å². The summed E-state index contributed by atoms with van der Waals surface area (Å²) < 4.78 is 24.5. The Morgan fingerprint density at radius 2 is 1.86 bits per heavy atom. The molecular weight excluding hydrogens is 371 g/mol. The van der Waals surface area contributed by atoms with Crippen LogP contribution in [0.15, 0.2) is 65.3 Å². The summed E-state index contributed by atoms with van der Waals surface area (Å²) in [5.41, 5.74) is 9.10. The summed E-state index contributed by atoms with van der Waals surface area (Å²) in [6.45, 7) is 5.22. The van der Waals surface area contributed by atoms with E-state index in [1.165, 1.54) is 6.07 Å². The minimum Gasteiger partial charge on any atom is -0.463 e. The van der Waals surface area contributed by atoms with Crippen LogP contribution in [0, 0.1) is 24.1 Å². The van der Waals surface area contributed by atoms with E-state index in [0.29, 0.717) is 16.9 Å². The molecule has 2 N–H and O–H groups in total. The highest BCUT2D eigenvalue weighted by molar-refractivity contribution is 5.92. The minimum absolute atomic E-state index is 0.0345. The zero-order chi connectivity index (χ0) is 21.1. The highest BCUT2D eigenvalue weighted by Crippen LogP contribution is 2.40. The highest BCUT2D eigenvalue weighted by Gasteiger charge is 2.36. The topological polar surface area (TPSA) is 85.3 Å². The molecule has 0 saturated heterocycles. The van der Waals surface area contributed by atoms with Gasteiger partial charge in [-0.3, -0.25) is 0 Å². The molecule has 6 heteroatoms. The predicted octanol–water partition coefficient (Wildman–Crippen LogP) is 4.45. The number of benzene rings is 2. The number of carbonyl (C=O) groups excluding carboxylic acids is 1. The largest absolute Gasteiger partial charge is 0.463 e. The first-order valence-electron chi connectivity index (χ1n) is 9.19. The van der Waals surface area contributed by atoms with Gasteiger partial charge in [0, 0.05) is 0 Å².